The van der Waals surface area contributed by atoms with E-state index in [0.29, 0.717) is 0 Å². The van der Waals surface area contributed by atoms with E-state index in [0.717, 1.165) is 48.9 Å². The Morgan fingerprint density at radius 1 is 1.13 bits per heavy atom. The summed E-state index contributed by atoms with van der Waals surface area (Å²) in [5.41, 5.74) is 4.55. The van der Waals surface area contributed by atoms with Crippen LogP contribution in [0.5, 0.6) is 11.8 Å². The Morgan fingerprint density at radius 2 is 1.89 bits per heavy atom. The number of nitrogens with two attached hydrogens (primary N) is 1. The number of carbonyl (C=O) groups is 1. The summed E-state index contributed by atoms with van der Waals surface area (Å²) in [4.78, 5) is 30.5. The molecule has 6 rings (SSSR count). The second kappa shape index (κ2) is 11.9. The molecule has 2 saturated heterocycles. The number of benzene rings is 2. The summed E-state index contributed by atoms with van der Waals surface area (Å²) in [5.74, 6) is -2.93. The lowest BCUT2D eigenvalue weighted by Gasteiger charge is -2.35. The third-order valence-corrected chi connectivity index (χ3v) is 8.90. The molecule has 16 heteroatoms. The van der Waals surface area contributed by atoms with E-state index in [2.05, 4.69) is 31.2 Å². The van der Waals surface area contributed by atoms with Gasteiger partial charge in [-0.25, -0.2) is 13.8 Å². The number of piperazine rings is 1. The fraction of sp³-hybridized carbons (Fsp3) is 0.379. The van der Waals surface area contributed by atoms with Gasteiger partial charge in [0.25, 0.3) is 0 Å². The van der Waals surface area contributed by atoms with E-state index in [-0.39, 0.29) is 88.4 Å². The fourth-order valence-electron chi connectivity index (χ4n) is 5.75. The Labute approximate surface area is 257 Å². The maximum Gasteiger partial charge on any atom is 0.573 e. The topological polar surface area (TPSA) is 110 Å². The minimum Gasteiger partial charge on any atom is -0.462 e. The molecular formula is C29H28F5N7O3S. The monoisotopic (exact) mass is 649 g/mol. The average molecular weight is 650 g/mol. The maximum atomic E-state index is 16.7. The number of fused-ring (bicyclic) bond motifs is 2. The van der Waals surface area contributed by atoms with Gasteiger partial charge in [0.1, 0.15) is 29.5 Å². The highest BCUT2D eigenvalue weighted by Crippen LogP contribution is 2.45. The molecule has 1 amide bonds. The van der Waals surface area contributed by atoms with Gasteiger partial charge in [-0.3, -0.25) is 4.79 Å². The first-order valence-corrected chi connectivity index (χ1v) is 14.9. The van der Waals surface area contributed by atoms with Gasteiger partial charge in [0.05, 0.1) is 15.8 Å². The van der Waals surface area contributed by atoms with Gasteiger partial charge in [0, 0.05) is 43.2 Å². The number of hydrogen-bond acceptors (Lipinski definition) is 10. The minimum atomic E-state index is -5.21. The van der Waals surface area contributed by atoms with Crippen molar-refractivity contribution in [2.75, 3.05) is 57.0 Å². The van der Waals surface area contributed by atoms with E-state index >= 15 is 4.39 Å². The summed E-state index contributed by atoms with van der Waals surface area (Å²) in [5, 5.41) is -0.123. The number of rotatable bonds is 7. The van der Waals surface area contributed by atoms with Crippen molar-refractivity contribution < 1.29 is 36.2 Å². The Bertz CT molecular complexity index is 1790. The zero-order valence-corrected chi connectivity index (χ0v) is 24.9. The molecule has 10 nitrogen and oxygen atoms in total. The van der Waals surface area contributed by atoms with Crippen LogP contribution in [0.2, 0.25) is 0 Å². The zero-order valence-electron chi connectivity index (χ0n) is 24.0. The number of likely N-dealkylation sites (tertiary alicyclic amines) is 1. The van der Waals surface area contributed by atoms with E-state index in [1.165, 1.54) is 6.08 Å². The molecule has 2 N–H and O–H groups in total. The number of anilines is 2. The van der Waals surface area contributed by atoms with Crippen LogP contribution in [-0.4, -0.2) is 89.4 Å². The lowest BCUT2D eigenvalue weighted by atomic mass is 10.00. The SMILES string of the molecule is C=CC(=O)N1CCN(c2nc(OC[C@@H]3CCCN3C)nc3c(F)c(-c4ccc(F)c5sc(N)nc45)c(OC(F)(F)F)cc23)CC1. The third-order valence-electron chi connectivity index (χ3n) is 8.00. The number of nitrogen functional groups attached to an aromatic ring is 1. The standard InChI is InChI=1S/C29H28F5N7O3S/c1-3-20(42)40-9-11-41(12-10-40)26-17-13-19(44-29(32,33)34)21(16-6-7-18(30)25-24(16)36-27(35)45-25)22(31)23(17)37-28(38-26)43-14-15-5-4-8-39(15)2/h3,6-7,13,15H,1,4-5,8-12,14H2,2H3,(H2,35,36)/t15-/m0/s1. The number of hydrogen-bond donors (Lipinski definition) is 1. The van der Waals surface area contributed by atoms with Crippen molar-refractivity contribution >= 4 is 49.3 Å². The van der Waals surface area contributed by atoms with Crippen LogP contribution >= 0.6 is 11.3 Å². The fourth-order valence-corrected chi connectivity index (χ4v) is 6.52. The average Bonchev–Trinajstić information content (AvgIpc) is 3.61. The summed E-state index contributed by atoms with van der Waals surface area (Å²) in [6.45, 7) is 5.63. The quantitative estimate of drug-likeness (QED) is 0.219. The van der Waals surface area contributed by atoms with Gasteiger partial charge in [0.15, 0.2) is 10.9 Å². The van der Waals surface area contributed by atoms with Crippen molar-refractivity contribution in [2.45, 2.75) is 25.2 Å². The van der Waals surface area contributed by atoms with Gasteiger partial charge in [-0.15, -0.1) is 13.2 Å². The molecule has 0 spiro atoms. The Morgan fingerprint density at radius 3 is 2.56 bits per heavy atom. The number of carbonyl (C=O) groups excluding carboxylic acids is 1. The first-order valence-electron chi connectivity index (χ1n) is 14.1. The summed E-state index contributed by atoms with van der Waals surface area (Å²) in [6.07, 6.45) is -2.15. The van der Waals surface area contributed by atoms with E-state index < -0.39 is 29.3 Å². The van der Waals surface area contributed by atoms with Gasteiger partial charge in [-0.05, 0) is 50.7 Å². The second-order valence-corrected chi connectivity index (χ2v) is 11.8. The van der Waals surface area contributed by atoms with Crippen LogP contribution in [0.25, 0.3) is 32.2 Å². The van der Waals surface area contributed by atoms with Crippen LogP contribution in [-0.2, 0) is 4.79 Å². The van der Waals surface area contributed by atoms with E-state index in [1.54, 1.807) is 9.80 Å². The van der Waals surface area contributed by atoms with Crippen molar-refractivity contribution in [1.82, 2.24) is 24.8 Å². The van der Waals surface area contributed by atoms with Crippen molar-refractivity contribution in [1.29, 1.82) is 0 Å². The highest BCUT2D eigenvalue weighted by molar-refractivity contribution is 7.22. The largest absolute Gasteiger partial charge is 0.573 e. The number of halogens is 5. The molecule has 238 valence electrons. The van der Waals surface area contributed by atoms with Crippen molar-refractivity contribution in [3.05, 3.63) is 42.5 Å². The molecule has 2 fully saturated rings. The highest BCUT2D eigenvalue weighted by Gasteiger charge is 2.36. The molecular weight excluding hydrogens is 621 g/mol. The predicted octanol–water partition coefficient (Wildman–Crippen LogP) is 4.97. The van der Waals surface area contributed by atoms with Crippen LogP contribution in [0.1, 0.15) is 12.8 Å². The van der Waals surface area contributed by atoms with E-state index in [9.17, 15) is 22.4 Å². The molecule has 45 heavy (non-hydrogen) atoms. The van der Waals surface area contributed by atoms with Gasteiger partial charge >= 0.3 is 12.4 Å². The molecule has 0 bridgehead atoms. The summed E-state index contributed by atoms with van der Waals surface area (Å²) in [6, 6.07) is 3.04. The minimum absolute atomic E-state index is 0.0533. The van der Waals surface area contributed by atoms with E-state index in [4.69, 9.17) is 10.5 Å². The predicted molar refractivity (Wildman–Crippen MR) is 159 cm³/mol. The Balaban J connectivity index is 1.54. The van der Waals surface area contributed by atoms with Crippen LogP contribution in [0.4, 0.5) is 32.9 Å². The molecule has 2 aromatic carbocycles. The summed E-state index contributed by atoms with van der Waals surface area (Å²) >= 11 is 0.778. The molecule has 1 atom stereocenters. The van der Waals surface area contributed by atoms with Crippen LogP contribution in [0, 0.1) is 11.6 Å². The third kappa shape index (κ3) is 6.03. The molecule has 4 aromatic rings. The van der Waals surface area contributed by atoms with E-state index in [1.807, 2.05) is 7.05 Å². The van der Waals surface area contributed by atoms with Gasteiger partial charge in [0.2, 0.25) is 5.91 Å². The van der Waals surface area contributed by atoms with Crippen molar-refractivity contribution in [2.24, 2.45) is 0 Å². The number of likely N-dealkylation sites (N-methyl/N-ethyl adjacent to an activating group) is 1. The van der Waals surface area contributed by atoms with Crippen molar-refractivity contribution in [3.63, 3.8) is 0 Å². The lowest BCUT2D eigenvalue weighted by molar-refractivity contribution is -0.274. The number of aromatic nitrogens is 3. The Hall–Kier alpha value is -4.31. The van der Waals surface area contributed by atoms with Gasteiger partial charge in [-0.1, -0.05) is 17.9 Å². The molecule has 0 saturated carbocycles. The van der Waals surface area contributed by atoms with Crippen LogP contribution in [0.3, 0.4) is 0 Å². The van der Waals surface area contributed by atoms with Crippen LogP contribution in [0.15, 0.2) is 30.9 Å². The molecule has 0 aliphatic carbocycles. The normalized spacial score (nSPS) is 17.8. The molecule has 4 heterocycles. The number of amides is 1. The van der Waals surface area contributed by atoms with Crippen molar-refractivity contribution in [3.8, 4) is 22.9 Å². The molecule has 0 unspecified atom stereocenters. The smallest absolute Gasteiger partial charge is 0.462 e. The van der Waals surface area contributed by atoms with Gasteiger partial charge in [-0.2, -0.15) is 9.97 Å². The number of alkyl halides is 3. The molecule has 2 aliphatic heterocycles. The lowest BCUT2D eigenvalue weighted by Crippen LogP contribution is -2.48. The summed E-state index contributed by atoms with van der Waals surface area (Å²) < 4.78 is 82.9. The summed E-state index contributed by atoms with van der Waals surface area (Å²) in [7, 11) is 1.96. The first-order chi connectivity index (χ1) is 21.4. The zero-order chi connectivity index (χ0) is 32.0. The number of ether oxygens (including phenoxy) is 2. The highest BCUT2D eigenvalue weighted by atomic mass is 32.1. The van der Waals surface area contributed by atoms with Gasteiger partial charge < -0.3 is 29.9 Å². The maximum absolute atomic E-state index is 16.7. The molecule has 2 aliphatic rings. The second-order valence-electron chi connectivity index (χ2n) is 10.8. The molecule has 0 radical (unpaired) electrons. The van der Waals surface area contributed by atoms with Crippen LogP contribution < -0.4 is 20.1 Å². The number of thiazole rings is 1. The first kappa shape index (κ1) is 30.7. The number of nitrogens with zero attached hydrogens (tertiary/aromatic N) is 6. The molecule has 2 aromatic heterocycles. The Kier molecular flexibility index (Phi) is 8.11.